The minimum atomic E-state index is -0.259. The van der Waals surface area contributed by atoms with Gasteiger partial charge in [-0.05, 0) is 23.8 Å². The molecule has 0 atom stereocenters. The fourth-order valence-corrected chi connectivity index (χ4v) is 1.91. The topological polar surface area (TPSA) is 55.4 Å². The SMILES string of the molecule is O=Cc1cc(Cl)ccc1OCC(=O)NCc1ccccc1. The average molecular weight is 304 g/mol. The van der Waals surface area contributed by atoms with Gasteiger partial charge >= 0.3 is 0 Å². The Hall–Kier alpha value is -2.33. The Morgan fingerprint density at radius 1 is 1.19 bits per heavy atom. The number of nitrogens with one attached hydrogen (secondary N) is 1. The highest BCUT2D eigenvalue weighted by Crippen LogP contribution is 2.21. The molecule has 1 N–H and O–H groups in total. The first-order chi connectivity index (χ1) is 10.2. The number of carbonyl (C=O) groups excluding carboxylic acids is 2. The maximum atomic E-state index is 11.7. The molecule has 0 fully saturated rings. The van der Waals surface area contributed by atoms with Gasteiger partial charge < -0.3 is 10.1 Å². The van der Waals surface area contributed by atoms with Gasteiger partial charge in [0, 0.05) is 11.6 Å². The van der Waals surface area contributed by atoms with E-state index in [-0.39, 0.29) is 12.5 Å². The van der Waals surface area contributed by atoms with Gasteiger partial charge in [0.15, 0.2) is 12.9 Å². The molecule has 0 spiro atoms. The van der Waals surface area contributed by atoms with Crippen LogP contribution in [-0.2, 0) is 11.3 Å². The van der Waals surface area contributed by atoms with E-state index >= 15 is 0 Å². The zero-order valence-electron chi connectivity index (χ0n) is 11.2. The number of hydrogen-bond acceptors (Lipinski definition) is 3. The summed E-state index contributed by atoms with van der Waals surface area (Å²) in [5.74, 6) is 0.0786. The average Bonchev–Trinajstić information content (AvgIpc) is 2.52. The van der Waals surface area contributed by atoms with E-state index < -0.39 is 0 Å². The molecule has 0 heterocycles. The molecule has 0 saturated carbocycles. The molecule has 1 amide bonds. The minimum Gasteiger partial charge on any atom is -0.483 e. The van der Waals surface area contributed by atoms with E-state index in [0.29, 0.717) is 29.2 Å². The van der Waals surface area contributed by atoms with E-state index in [1.54, 1.807) is 12.1 Å². The number of benzene rings is 2. The van der Waals surface area contributed by atoms with Crippen molar-refractivity contribution in [3.63, 3.8) is 0 Å². The summed E-state index contributed by atoms with van der Waals surface area (Å²) in [6.45, 7) is 0.277. The molecule has 5 heteroatoms. The van der Waals surface area contributed by atoms with Gasteiger partial charge in [0.2, 0.25) is 0 Å². The summed E-state index contributed by atoms with van der Waals surface area (Å²) in [5.41, 5.74) is 1.32. The molecule has 108 valence electrons. The summed E-state index contributed by atoms with van der Waals surface area (Å²) in [6, 6.07) is 14.2. The van der Waals surface area contributed by atoms with Gasteiger partial charge in [-0.15, -0.1) is 0 Å². The number of aldehydes is 1. The largest absolute Gasteiger partial charge is 0.483 e. The second-order valence-corrected chi connectivity index (χ2v) is 4.79. The lowest BCUT2D eigenvalue weighted by atomic mass is 10.2. The van der Waals surface area contributed by atoms with Crippen molar-refractivity contribution >= 4 is 23.8 Å². The predicted molar refractivity (Wildman–Crippen MR) is 80.6 cm³/mol. The van der Waals surface area contributed by atoms with Gasteiger partial charge in [-0.2, -0.15) is 0 Å². The Kier molecular flexibility index (Phi) is 5.35. The van der Waals surface area contributed by atoms with Crippen LogP contribution < -0.4 is 10.1 Å². The van der Waals surface area contributed by atoms with Crippen molar-refractivity contribution in [1.82, 2.24) is 5.32 Å². The van der Waals surface area contributed by atoms with Crippen LogP contribution in [-0.4, -0.2) is 18.8 Å². The maximum absolute atomic E-state index is 11.7. The van der Waals surface area contributed by atoms with E-state index in [1.165, 1.54) is 6.07 Å². The number of amides is 1. The monoisotopic (exact) mass is 303 g/mol. The number of carbonyl (C=O) groups is 2. The third-order valence-corrected chi connectivity index (χ3v) is 3.03. The van der Waals surface area contributed by atoms with Crippen molar-refractivity contribution < 1.29 is 14.3 Å². The quantitative estimate of drug-likeness (QED) is 0.835. The normalized spacial score (nSPS) is 9.95. The zero-order chi connectivity index (χ0) is 15.1. The molecule has 2 aromatic carbocycles. The van der Waals surface area contributed by atoms with Crippen LogP contribution in [0, 0.1) is 0 Å². The fourth-order valence-electron chi connectivity index (χ4n) is 1.73. The molecule has 0 radical (unpaired) electrons. The van der Waals surface area contributed by atoms with Crippen molar-refractivity contribution in [2.24, 2.45) is 0 Å². The first-order valence-corrected chi connectivity index (χ1v) is 6.75. The van der Waals surface area contributed by atoms with Crippen LogP contribution in [0.2, 0.25) is 5.02 Å². The predicted octanol–water partition coefficient (Wildman–Crippen LogP) is 2.85. The number of halogens is 1. The number of hydrogen-bond donors (Lipinski definition) is 1. The molecule has 2 aromatic rings. The first-order valence-electron chi connectivity index (χ1n) is 6.37. The second kappa shape index (κ2) is 7.45. The molecule has 0 unspecified atom stereocenters. The molecule has 0 bridgehead atoms. The van der Waals surface area contributed by atoms with Crippen LogP contribution in [0.1, 0.15) is 15.9 Å². The zero-order valence-corrected chi connectivity index (χ0v) is 12.0. The summed E-state index contributed by atoms with van der Waals surface area (Å²) < 4.78 is 5.33. The van der Waals surface area contributed by atoms with Gasteiger partial charge in [-0.3, -0.25) is 9.59 Å². The molecular formula is C16H14ClNO3. The molecule has 0 aliphatic heterocycles. The highest BCUT2D eigenvalue weighted by atomic mass is 35.5. The molecular weight excluding hydrogens is 290 g/mol. The Bertz CT molecular complexity index is 629. The number of rotatable bonds is 6. The van der Waals surface area contributed by atoms with Gasteiger partial charge in [0.25, 0.3) is 5.91 Å². The molecule has 0 saturated heterocycles. The van der Waals surface area contributed by atoms with Crippen molar-refractivity contribution in [2.45, 2.75) is 6.54 Å². The van der Waals surface area contributed by atoms with Crippen molar-refractivity contribution in [2.75, 3.05) is 6.61 Å². The van der Waals surface area contributed by atoms with Crippen LogP contribution >= 0.6 is 11.6 Å². The van der Waals surface area contributed by atoms with E-state index in [4.69, 9.17) is 16.3 Å². The lowest BCUT2D eigenvalue weighted by Gasteiger charge is -2.09. The van der Waals surface area contributed by atoms with E-state index in [9.17, 15) is 9.59 Å². The third-order valence-electron chi connectivity index (χ3n) is 2.79. The Morgan fingerprint density at radius 3 is 2.67 bits per heavy atom. The molecule has 0 aromatic heterocycles. The van der Waals surface area contributed by atoms with Gasteiger partial charge in [0.05, 0.1) is 5.56 Å². The minimum absolute atomic E-state index is 0.157. The third kappa shape index (κ3) is 4.61. The van der Waals surface area contributed by atoms with Crippen LogP contribution in [0.5, 0.6) is 5.75 Å². The van der Waals surface area contributed by atoms with Gasteiger partial charge in [-0.1, -0.05) is 41.9 Å². The Morgan fingerprint density at radius 2 is 1.95 bits per heavy atom. The lowest BCUT2D eigenvalue weighted by Crippen LogP contribution is -2.28. The van der Waals surface area contributed by atoms with Crippen molar-refractivity contribution in [3.05, 3.63) is 64.7 Å². The molecule has 21 heavy (non-hydrogen) atoms. The van der Waals surface area contributed by atoms with E-state index in [2.05, 4.69) is 5.32 Å². The molecule has 0 aliphatic carbocycles. The highest BCUT2D eigenvalue weighted by molar-refractivity contribution is 6.30. The summed E-state index contributed by atoms with van der Waals surface area (Å²) in [7, 11) is 0. The highest BCUT2D eigenvalue weighted by Gasteiger charge is 2.07. The molecule has 4 nitrogen and oxygen atoms in total. The molecule has 0 aliphatic rings. The summed E-state index contributed by atoms with van der Waals surface area (Å²) >= 11 is 5.78. The summed E-state index contributed by atoms with van der Waals surface area (Å²) in [4.78, 5) is 22.6. The summed E-state index contributed by atoms with van der Waals surface area (Å²) in [6.07, 6.45) is 0.642. The standard InChI is InChI=1S/C16H14ClNO3/c17-14-6-7-15(13(8-14)10-19)21-11-16(20)18-9-12-4-2-1-3-5-12/h1-8,10H,9,11H2,(H,18,20). The van der Waals surface area contributed by atoms with Crippen LogP contribution in [0.25, 0.3) is 0 Å². The lowest BCUT2D eigenvalue weighted by molar-refractivity contribution is -0.123. The van der Waals surface area contributed by atoms with Crippen molar-refractivity contribution in [3.8, 4) is 5.75 Å². The van der Waals surface area contributed by atoms with E-state index in [0.717, 1.165) is 5.56 Å². The first kappa shape index (κ1) is 15.1. The van der Waals surface area contributed by atoms with Crippen LogP contribution in [0.15, 0.2) is 48.5 Å². The van der Waals surface area contributed by atoms with Crippen molar-refractivity contribution in [1.29, 1.82) is 0 Å². The number of ether oxygens (including phenoxy) is 1. The molecule has 2 rings (SSSR count). The van der Waals surface area contributed by atoms with Crippen LogP contribution in [0.4, 0.5) is 0 Å². The van der Waals surface area contributed by atoms with Crippen LogP contribution in [0.3, 0.4) is 0 Å². The van der Waals surface area contributed by atoms with E-state index in [1.807, 2.05) is 30.3 Å². The fraction of sp³-hybridized carbons (Fsp3) is 0.125. The van der Waals surface area contributed by atoms with Gasteiger partial charge in [0.1, 0.15) is 5.75 Å². The summed E-state index contributed by atoms with van der Waals surface area (Å²) in [5, 5.41) is 3.18. The van der Waals surface area contributed by atoms with Gasteiger partial charge in [-0.25, -0.2) is 0 Å². The Labute approximate surface area is 127 Å². The second-order valence-electron chi connectivity index (χ2n) is 4.35. The Balaban J connectivity index is 1.85. The smallest absolute Gasteiger partial charge is 0.258 e. The maximum Gasteiger partial charge on any atom is 0.258 e.